The van der Waals surface area contributed by atoms with Crippen molar-refractivity contribution in [2.75, 3.05) is 12.0 Å². The number of rotatable bonds is 5. The van der Waals surface area contributed by atoms with Gasteiger partial charge in [-0.25, -0.2) is 8.42 Å². The van der Waals surface area contributed by atoms with Gasteiger partial charge >= 0.3 is 0 Å². The number of hydrogen-bond acceptors (Lipinski definition) is 3. The molecule has 0 bridgehead atoms. The molecule has 0 aromatic rings. The fraction of sp³-hybridized carbons (Fsp3) is 1.00. The molecule has 1 aliphatic carbocycles. The summed E-state index contributed by atoms with van der Waals surface area (Å²) in [6, 6.07) is 0.232. The van der Waals surface area contributed by atoms with E-state index in [0.717, 1.165) is 12.8 Å². The van der Waals surface area contributed by atoms with Gasteiger partial charge in [-0.15, -0.1) is 0 Å². The fourth-order valence-electron chi connectivity index (χ4n) is 1.68. The highest BCUT2D eigenvalue weighted by Crippen LogP contribution is 2.30. The van der Waals surface area contributed by atoms with Gasteiger partial charge in [0.15, 0.2) is 0 Å². The minimum atomic E-state index is -2.79. The van der Waals surface area contributed by atoms with Crippen molar-refractivity contribution in [2.24, 2.45) is 11.7 Å². The average Bonchev–Trinajstić information content (AvgIpc) is 1.79. The van der Waals surface area contributed by atoms with Crippen LogP contribution in [0.1, 0.15) is 32.1 Å². The van der Waals surface area contributed by atoms with Gasteiger partial charge < -0.3 is 5.73 Å². The van der Waals surface area contributed by atoms with Crippen LogP contribution in [-0.2, 0) is 9.84 Å². The molecule has 0 saturated heterocycles. The SMILES string of the molecule is CS(=O)(=O)CCCC(N)C1CCC1. The molecule has 0 aromatic heterocycles. The molecule has 1 unspecified atom stereocenters. The molecule has 1 atom stereocenters. The Balaban J connectivity index is 2.11. The Hall–Kier alpha value is -0.0900. The third-order valence-corrected chi connectivity index (χ3v) is 3.84. The normalized spacial score (nSPS) is 21.1. The Morgan fingerprint density at radius 3 is 2.46 bits per heavy atom. The molecule has 13 heavy (non-hydrogen) atoms. The molecule has 2 N–H and O–H groups in total. The van der Waals surface area contributed by atoms with Crippen molar-refractivity contribution >= 4 is 9.84 Å². The predicted molar refractivity (Wildman–Crippen MR) is 54.3 cm³/mol. The summed E-state index contributed by atoms with van der Waals surface area (Å²) in [5, 5.41) is 0. The van der Waals surface area contributed by atoms with Crippen molar-refractivity contribution in [3.8, 4) is 0 Å². The second kappa shape index (κ2) is 4.42. The second-order valence-corrected chi connectivity index (χ2v) is 6.39. The lowest BCUT2D eigenvalue weighted by molar-refractivity contribution is 0.252. The molecule has 1 rings (SSSR count). The van der Waals surface area contributed by atoms with Crippen molar-refractivity contribution < 1.29 is 8.42 Å². The molecule has 1 fully saturated rings. The number of hydrogen-bond donors (Lipinski definition) is 1. The summed E-state index contributed by atoms with van der Waals surface area (Å²) in [6.07, 6.45) is 6.63. The average molecular weight is 205 g/mol. The van der Waals surface area contributed by atoms with Gasteiger partial charge in [-0.05, 0) is 31.6 Å². The first-order chi connectivity index (χ1) is 5.99. The molecule has 78 valence electrons. The molecule has 0 amide bonds. The Morgan fingerprint density at radius 2 is 2.08 bits per heavy atom. The Labute approximate surface area is 80.6 Å². The van der Waals surface area contributed by atoms with Crippen LogP contribution < -0.4 is 5.73 Å². The number of sulfone groups is 1. The van der Waals surface area contributed by atoms with E-state index in [1.807, 2.05) is 0 Å². The third-order valence-electron chi connectivity index (χ3n) is 2.81. The molecule has 3 nitrogen and oxygen atoms in total. The van der Waals surface area contributed by atoms with E-state index in [4.69, 9.17) is 5.73 Å². The molecule has 0 aromatic carbocycles. The molecule has 0 spiro atoms. The highest BCUT2D eigenvalue weighted by Gasteiger charge is 2.23. The lowest BCUT2D eigenvalue weighted by Crippen LogP contribution is -2.34. The summed E-state index contributed by atoms with van der Waals surface area (Å²) in [5.74, 6) is 0.951. The van der Waals surface area contributed by atoms with Crippen molar-refractivity contribution in [3.63, 3.8) is 0 Å². The van der Waals surface area contributed by atoms with Gasteiger partial charge in [0.25, 0.3) is 0 Å². The third kappa shape index (κ3) is 4.09. The summed E-state index contributed by atoms with van der Waals surface area (Å²) in [5.41, 5.74) is 5.91. The minimum Gasteiger partial charge on any atom is -0.327 e. The molecule has 0 radical (unpaired) electrons. The summed E-state index contributed by atoms with van der Waals surface area (Å²) in [7, 11) is -2.79. The zero-order chi connectivity index (χ0) is 9.90. The monoisotopic (exact) mass is 205 g/mol. The van der Waals surface area contributed by atoms with Crippen molar-refractivity contribution in [3.05, 3.63) is 0 Å². The van der Waals surface area contributed by atoms with Crippen LogP contribution in [0.4, 0.5) is 0 Å². The summed E-state index contributed by atoms with van der Waals surface area (Å²) < 4.78 is 21.7. The van der Waals surface area contributed by atoms with Crippen molar-refractivity contribution in [1.82, 2.24) is 0 Å². The largest absolute Gasteiger partial charge is 0.327 e. The van der Waals surface area contributed by atoms with E-state index in [1.54, 1.807) is 0 Å². The van der Waals surface area contributed by atoms with E-state index in [-0.39, 0.29) is 11.8 Å². The first-order valence-corrected chi connectivity index (χ1v) is 6.98. The predicted octanol–water partition coefficient (Wildman–Crippen LogP) is 0.939. The molecular weight excluding hydrogens is 186 g/mol. The van der Waals surface area contributed by atoms with E-state index in [9.17, 15) is 8.42 Å². The highest BCUT2D eigenvalue weighted by atomic mass is 32.2. The first kappa shape index (κ1) is 11.0. The minimum absolute atomic E-state index is 0.232. The van der Waals surface area contributed by atoms with Crippen molar-refractivity contribution in [2.45, 2.75) is 38.1 Å². The quantitative estimate of drug-likeness (QED) is 0.726. The van der Waals surface area contributed by atoms with Crippen LogP contribution in [0.5, 0.6) is 0 Å². The Kier molecular flexibility index (Phi) is 3.74. The van der Waals surface area contributed by atoms with E-state index in [2.05, 4.69) is 0 Å². The lowest BCUT2D eigenvalue weighted by atomic mass is 9.79. The maximum Gasteiger partial charge on any atom is 0.147 e. The van der Waals surface area contributed by atoms with Crippen LogP contribution in [0.2, 0.25) is 0 Å². The van der Waals surface area contributed by atoms with Crippen LogP contribution in [0.3, 0.4) is 0 Å². The summed E-state index contributed by atoms with van der Waals surface area (Å²) in [6.45, 7) is 0. The Bertz CT molecular complexity index is 244. The molecule has 0 aliphatic heterocycles. The van der Waals surface area contributed by atoms with E-state index in [1.165, 1.54) is 25.5 Å². The summed E-state index contributed by atoms with van der Waals surface area (Å²) >= 11 is 0. The van der Waals surface area contributed by atoms with Gasteiger partial charge in [-0.1, -0.05) is 6.42 Å². The molecular formula is C9H19NO2S. The van der Waals surface area contributed by atoms with Crippen LogP contribution >= 0.6 is 0 Å². The van der Waals surface area contributed by atoms with Crippen LogP contribution in [0, 0.1) is 5.92 Å². The van der Waals surface area contributed by atoms with Crippen LogP contribution in [0.15, 0.2) is 0 Å². The zero-order valence-electron chi connectivity index (χ0n) is 8.20. The number of nitrogens with two attached hydrogens (primary N) is 1. The topological polar surface area (TPSA) is 60.2 Å². The Morgan fingerprint density at radius 1 is 1.46 bits per heavy atom. The standard InChI is InChI=1S/C9H19NO2S/c1-13(11,12)7-3-6-9(10)8-4-2-5-8/h8-9H,2-7,10H2,1H3. The van der Waals surface area contributed by atoms with Crippen LogP contribution in [0.25, 0.3) is 0 Å². The van der Waals surface area contributed by atoms with Crippen LogP contribution in [-0.4, -0.2) is 26.5 Å². The van der Waals surface area contributed by atoms with Gasteiger partial charge in [0.05, 0.1) is 0 Å². The second-order valence-electron chi connectivity index (χ2n) is 4.13. The zero-order valence-corrected chi connectivity index (χ0v) is 9.02. The van der Waals surface area contributed by atoms with Gasteiger partial charge in [0.2, 0.25) is 0 Å². The molecule has 0 heterocycles. The van der Waals surface area contributed by atoms with E-state index in [0.29, 0.717) is 5.92 Å². The first-order valence-electron chi connectivity index (χ1n) is 4.92. The highest BCUT2D eigenvalue weighted by molar-refractivity contribution is 7.90. The maximum atomic E-state index is 10.8. The smallest absolute Gasteiger partial charge is 0.147 e. The van der Waals surface area contributed by atoms with Gasteiger partial charge in [-0.3, -0.25) is 0 Å². The van der Waals surface area contributed by atoms with Crippen molar-refractivity contribution in [1.29, 1.82) is 0 Å². The molecule has 4 heteroatoms. The van der Waals surface area contributed by atoms with Gasteiger partial charge in [0, 0.05) is 18.1 Å². The molecule has 1 saturated carbocycles. The maximum absolute atomic E-state index is 10.8. The van der Waals surface area contributed by atoms with Gasteiger partial charge in [0.1, 0.15) is 9.84 Å². The lowest BCUT2D eigenvalue weighted by Gasteiger charge is -2.31. The van der Waals surface area contributed by atoms with Gasteiger partial charge in [-0.2, -0.15) is 0 Å². The fourth-order valence-corrected chi connectivity index (χ4v) is 2.38. The molecule has 1 aliphatic rings. The van der Waals surface area contributed by atoms with E-state index < -0.39 is 9.84 Å². The summed E-state index contributed by atoms with van der Waals surface area (Å²) in [4.78, 5) is 0. The van der Waals surface area contributed by atoms with E-state index >= 15 is 0 Å².